The van der Waals surface area contributed by atoms with Crippen molar-refractivity contribution < 1.29 is 14.5 Å². The Morgan fingerprint density at radius 2 is 2.11 bits per heavy atom. The van der Waals surface area contributed by atoms with Gasteiger partial charge in [0.2, 0.25) is 0 Å². The van der Waals surface area contributed by atoms with Crippen molar-refractivity contribution in [3.05, 3.63) is 66.0 Å². The van der Waals surface area contributed by atoms with Gasteiger partial charge in [0, 0.05) is 25.4 Å². The van der Waals surface area contributed by atoms with E-state index in [0.717, 1.165) is 0 Å². The van der Waals surface area contributed by atoms with E-state index in [2.05, 4.69) is 0 Å². The maximum absolute atomic E-state index is 12.2. The van der Waals surface area contributed by atoms with Crippen LogP contribution >= 0.6 is 0 Å². The molecule has 1 aliphatic heterocycles. The topological polar surface area (TPSA) is 44.4 Å². The zero-order valence-electron chi connectivity index (χ0n) is 10.4. The number of ketones is 1. The van der Waals surface area contributed by atoms with Crippen LogP contribution in [0, 0.1) is 0 Å². The number of aryl methyl sites for hydroxylation is 1. The van der Waals surface area contributed by atoms with Gasteiger partial charge in [-0.2, -0.15) is 4.57 Å². The Kier molecular flexibility index (Phi) is 3.28. The van der Waals surface area contributed by atoms with Gasteiger partial charge < -0.3 is 10.0 Å². The third-order valence-electron chi connectivity index (χ3n) is 2.80. The highest BCUT2D eigenvalue weighted by Gasteiger charge is 2.24. The summed E-state index contributed by atoms with van der Waals surface area (Å²) in [6, 6.07) is 5.28. The third kappa shape index (κ3) is 2.18. The van der Waals surface area contributed by atoms with Gasteiger partial charge >= 0.3 is 0 Å². The molecule has 18 heavy (non-hydrogen) atoms. The number of aromatic nitrogens is 1. The van der Waals surface area contributed by atoms with Crippen LogP contribution < -0.4 is 4.57 Å². The second kappa shape index (κ2) is 4.87. The fraction of sp³-hybridized carbons (Fsp3) is 0.143. The Hall–Kier alpha value is -2.36. The van der Waals surface area contributed by atoms with Crippen molar-refractivity contribution in [2.75, 3.05) is 7.05 Å². The SMILES string of the molecule is CN1C=CC=CC1=C(O)C(=O)c1cccc[n+]1C. The summed E-state index contributed by atoms with van der Waals surface area (Å²) >= 11 is 0. The smallest absolute Gasteiger partial charge is 0.293 e. The second-order valence-corrected chi connectivity index (χ2v) is 4.07. The summed E-state index contributed by atoms with van der Waals surface area (Å²) in [5.74, 6) is -0.639. The predicted octanol–water partition coefficient (Wildman–Crippen LogP) is 1.48. The molecular weight excluding hydrogens is 228 g/mol. The van der Waals surface area contributed by atoms with Gasteiger partial charge in [-0.15, -0.1) is 0 Å². The number of rotatable bonds is 2. The minimum atomic E-state index is -0.389. The van der Waals surface area contributed by atoms with E-state index in [-0.39, 0.29) is 11.5 Å². The van der Waals surface area contributed by atoms with E-state index < -0.39 is 0 Å². The predicted molar refractivity (Wildman–Crippen MR) is 67.6 cm³/mol. The van der Waals surface area contributed by atoms with Crippen LogP contribution in [-0.4, -0.2) is 22.8 Å². The molecule has 0 unspecified atom stereocenters. The summed E-state index contributed by atoms with van der Waals surface area (Å²) in [5, 5.41) is 10.1. The van der Waals surface area contributed by atoms with Crippen molar-refractivity contribution in [2.45, 2.75) is 0 Å². The van der Waals surface area contributed by atoms with Crippen molar-refractivity contribution in [1.29, 1.82) is 0 Å². The lowest BCUT2D eigenvalue weighted by molar-refractivity contribution is -0.673. The van der Waals surface area contributed by atoms with Crippen molar-refractivity contribution >= 4 is 5.78 Å². The van der Waals surface area contributed by atoms with Crippen molar-refractivity contribution in [2.24, 2.45) is 7.05 Å². The molecule has 4 nitrogen and oxygen atoms in total. The largest absolute Gasteiger partial charge is 0.502 e. The molecule has 0 saturated carbocycles. The lowest BCUT2D eigenvalue weighted by atomic mass is 10.1. The summed E-state index contributed by atoms with van der Waals surface area (Å²) in [6.07, 6.45) is 8.87. The van der Waals surface area contributed by atoms with E-state index in [1.54, 1.807) is 60.2 Å². The van der Waals surface area contributed by atoms with Gasteiger partial charge in [-0.05, 0) is 18.2 Å². The van der Waals surface area contributed by atoms with E-state index in [9.17, 15) is 9.90 Å². The van der Waals surface area contributed by atoms with Gasteiger partial charge in [0.15, 0.2) is 12.0 Å². The number of carbonyl (C=O) groups is 1. The average molecular weight is 243 g/mol. The molecule has 0 spiro atoms. The maximum atomic E-state index is 12.2. The van der Waals surface area contributed by atoms with E-state index in [0.29, 0.717) is 11.4 Å². The molecule has 4 heteroatoms. The Morgan fingerprint density at radius 3 is 2.78 bits per heavy atom. The number of aliphatic hydroxyl groups is 1. The summed E-state index contributed by atoms with van der Waals surface area (Å²) in [4.78, 5) is 13.9. The molecule has 2 rings (SSSR count). The van der Waals surface area contributed by atoms with Crippen LogP contribution in [0.2, 0.25) is 0 Å². The number of pyridine rings is 1. The van der Waals surface area contributed by atoms with Crippen molar-refractivity contribution in [3.63, 3.8) is 0 Å². The van der Waals surface area contributed by atoms with Crippen LogP contribution in [0.25, 0.3) is 0 Å². The Labute approximate surface area is 106 Å². The molecule has 1 aromatic rings. The number of allylic oxidation sites excluding steroid dienone is 4. The number of Topliss-reactive ketones (excluding diaryl/α,β-unsaturated/α-hetero) is 1. The second-order valence-electron chi connectivity index (χ2n) is 4.07. The highest BCUT2D eigenvalue weighted by atomic mass is 16.3. The van der Waals surface area contributed by atoms with Crippen LogP contribution in [0.4, 0.5) is 0 Å². The number of carbonyl (C=O) groups excluding carboxylic acids is 1. The Morgan fingerprint density at radius 1 is 1.33 bits per heavy atom. The summed E-state index contributed by atoms with van der Waals surface area (Å²) in [5.41, 5.74) is 0.935. The molecule has 0 atom stereocenters. The Bertz CT molecular complexity index is 571. The first kappa shape index (κ1) is 12.1. The van der Waals surface area contributed by atoms with Gasteiger partial charge in [0.05, 0.1) is 5.70 Å². The zero-order valence-corrected chi connectivity index (χ0v) is 10.4. The van der Waals surface area contributed by atoms with Crippen LogP contribution in [0.1, 0.15) is 10.5 Å². The van der Waals surface area contributed by atoms with Crippen LogP contribution in [0.5, 0.6) is 0 Å². The lowest BCUT2D eigenvalue weighted by Crippen LogP contribution is -2.36. The zero-order chi connectivity index (χ0) is 13.1. The molecule has 0 fully saturated rings. The highest BCUT2D eigenvalue weighted by molar-refractivity contribution is 6.05. The normalized spacial score (nSPS) is 16.9. The number of nitrogens with zero attached hydrogens (tertiary/aromatic N) is 2. The molecule has 1 aliphatic rings. The first-order chi connectivity index (χ1) is 8.61. The molecule has 0 amide bonds. The van der Waals surface area contributed by atoms with Crippen LogP contribution in [-0.2, 0) is 7.05 Å². The number of hydrogen-bond acceptors (Lipinski definition) is 3. The van der Waals surface area contributed by atoms with Crippen LogP contribution in [0.15, 0.2) is 60.3 Å². The van der Waals surface area contributed by atoms with Gasteiger partial charge in [-0.25, -0.2) is 0 Å². The number of aliphatic hydroxyl groups excluding tert-OH is 1. The first-order valence-corrected chi connectivity index (χ1v) is 5.61. The van der Waals surface area contributed by atoms with Gasteiger partial charge in [-0.3, -0.25) is 4.79 Å². The van der Waals surface area contributed by atoms with E-state index in [4.69, 9.17) is 0 Å². The molecule has 0 aliphatic carbocycles. The molecule has 0 aromatic carbocycles. The van der Waals surface area contributed by atoms with E-state index in [1.807, 2.05) is 12.1 Å². The fourth-order valence-corrected chi connectivity index (χ4v) is 1.77. The third-order valence-corrected chi connectivity index (χ3v) is 2.80. The highest BCUT2D eigenvalue weighted by Crippen LogP contribution is 2.15. The van der Waals surface area contributed by atoms with E-state index in [1.165, 1.54) is 0 Å². The molecule has 1 aromatic heterocycles. The molecule has 2 heterocycles. The Balaban J connectivity index is 2.41. The van der Waals surface area contributed by atoms with Gasteiger partial charge in [-0.1, -0.05) is 6.08 Å². The minimum absolute atomic E-state index is 0.250. The standard InChI is InChI=1S/C14H14N2O2/c1-15-9-5-3-7-11(15)13(17)14(18)12-8-4-6-10-16(12)2/h3-10H,1-2H3/p+1. The van der Waals surface area contributed by atoms with Crippen LogP contribution in [0.3, 0.4) is 0 Å². The molecular formula is C14H15N2O2+. The molecule has 0 radical (unpaired) electrons. The lowest BCUT2D eigenvalue weighted by Gasteiger charge is -2.18. The van der Waals surface area contributed by atoms with Gasteiger partial charge in [0.25, 0.3) is 11.5 Å². The van der Waals surface area contributed by atoms with Crippen molar-refractivity contribution in [3.8, 4) is 0 Å². The minimum Gasteiger partial charge on any atom is -0.502 e. The molecule has 0 saturated heterocycles. The quantitative estimate of drug-likeness (QED) is 0.370. The van der Waals surface area contributed by atoms with Gasteiger partial charge in [0.1, 0.15) is 7.05 Å². The maximum Gasteiger partial charge on any atom is 0.293 e. The monoisotopic (exact) mass is 243 g/mol. The summed E-state index contributed by atoms with van der Waals surface area (Å²) in [6.45, 7) is 0. The first-order valence-electron chi connectivity index (χ1n) is 5.61. The number of hydrogen-bond donors (Lipinski definition) is 1. The number of likely N-dealkylation sites (N-methyl/N-ethyl adjacent to an activating group) is 1. The molecule has 1 N–H and O–H groups in total. The van der Waals surface area contributed by atoms with E-state index >= 15 is 0 Å². The summed E-state index contributed by atoms with van der Waals surface area (Å²) < 4.78 is 1.68. The molecule has 0 bridgehead atoms. The fourth-order valence-electron chi connectivity index (χ4n) is 1.77. The molecule has 92 valence electrons. The average Bonchev–Trinajstić information content (AvgIpc) is 2.38. The summed E-state index contributed by atoms with van der Waals surface area (Å²) in [7, 11) is 3.55. The van der Waals surface area contributed by atoms with Crippen molar-refractivity contribution in [1.82, 2.24) is 4.90 Å².